The molecule has 2 N–H and O–H groups in total. The molecule has 0 spiro atoms. The SMILES string of the molecule is C[C@@H]1CCCCO[C@@H](CN(C)Cc2ccccc2)[C@@H](C)CN([C@H](C)CO)C(=O)c2cc(NS(=O)(=O)c3ccccc3)ccc2O1. The van der Waals surface area contributed by atoms with E-state index in [1.807, 2.05) is 25.1 Å². The number of rotatable bonds is 9. The second-order valence-electron chi connectivity index (χ2n) is 12.1. The molecular formula is C35H47N3O6S. The number of benzene rings is 3. The summed E-state index contributed by atoms with van der Waals surface area (Å²) in [6.07, 6.45) is 2.21. The van der Waals surface area contributed by atoms with E-state index in [0.29, 0.717) is 25.4 Å². The summed E-state index contributed by atoms with van der Waals surface area (Å²) in [6.45, 7) is 7.98. The maximum atomic E-state index is 14.3. The summed E-state index contributed by atoms with van der Waals surface area (Å²) < 4.78 is 41.5. The van der Waals surface area contributed by atoms with E-state index >= 15 is 0 Å². The average molecular weight is 638 g/mol. The summed E-state index contributed by atoms with van der Waals surface area (Å²) in [5.41, 5.74) is 1.69. The fourth-order valence-corrected chi connectivity index (χ4v) is 6.60. The first-order chi connectivity index (χ1) is 21.6. The van der Waals surface area contributed by atoms with E-state index < -0.39 is 16.1 Å². The Kier molecular flexibility index (Phi) is 12.4. The molecule has 1 heterocycles. The van der Waals surface area contributed by atoms with Gasteiger partial charge in [-0.3, -0.25) is 14.4 Å². The zero-order valence-corrected chi connectivity index (χ0v) is 27.6. The number of ether oxygens (including phenoxy) is 2. The van der Waals surface area contributed by atoms with Gasteiger partial charge in [-0.25, -0.2) is 8.42 Å². The largest absolute Gasteiger partial charge is 0.490 e. The first kappa shape index (κ1) is 34.4. The van der Waals surface area contributed by atoms with Gasteiger partial charge in [0.05, 0.1) is 35.3 Å². The Hall–Kier alpha value is -3.44. The smallest absolute Gasteiger partial charge is 0.261 e. The Labute approximate surface area is 268 Å². The van der Waals surface area contributed by atoms with Crippen molar-refractivity contribution < 1.29 is 27.8 Å². The van der Waals surface area contributed by atoms with Crippen LogP contribution in [0.2, 0.25) is 0 Å². The van der Waals surface area contributed by atoms with Crippen molar-refractivity contribution in [1.29, 1.82) is 0 Å². The molecule has 1 amide bonds. The van der Waals surface area contributed by atoms with Gasteiger partial charge in [0.25, 0.3) is 15.9 Å². The zero-order valence-electron chi connectivity index (χ0n) is 26.8. The Morgan fingerprint density at radius 3 is 2.40 bits per heavy atom. The van der Waals surface area contributed by atoms with Gasteiger partial charge in [0.15, 0.2) is 0 Å². The van der Waals surface area contributed by atoms with Crippen LogP contribution in [0, 0.1) is 5.92 Å². The highest BCUT2D eigenvalue weighted by molar-refractivity contribution is 7.92. The number of likely N-dealkylation sites (N-methyl/N-ethyl adjacent to an activating group) is 1. The van der Waals surface area contributed by atoms with Crippen LogP contribution < -0.4 is 9.46 Å². The number of fused-ring (bicyclic) bond motifs is 1. The van der Waals surface area contributed by atoms with Gasteiger partial charge < -0.3 is 19.5 Å². The molecule has 0 bridgehead atoms. The maximum Gasteiger partial charge on any atom is 0.261 e. The van der Waals surface area contributed by atoms with Crippen LogP contribution in [0.25, 0.3) is 0 Å². The van der Waals surface area contributed by atoms with Crippen molar-refractivity contribution in [3.63, 3.8) is 0 Å². The second-order valence-corrected chi connectivity index (χ2v) is 13.8. The van der Waals surface area contributed by atoms with Gasteiger partial charge in [0, 0.05) is 37.8 Å². The van der Waals surface area contributed by atoms with Gasteiger partial charge >= 0.3 is 0 Å². The lowest BCUT2D eigenvalue weighted by Crippen LogP contribution is -2.47. The van der Waals surface area contributed by atoms with E-state index in [4.69, 9.17) is 9.47 Å². The monoisotopic (exact) mass is 637 g/mol. The molecule has 4 atom stereocenters. The predicted octanol–water partition coefficient (Wildman–Crippen LogP) is 5.41. The highest BCUT2D eigenvalue weighted by atomic mass is 32.2. The van der Waals surface area contributed by atoms with Crippen molar-refractivity contribution in [2.24, 2.45) is 5.92 Å². The predicted molar refractivity (Wildman–Crippen MR) is 177 cm³/mol. The van der Waals surface area contributed by atoms with Gasteiger partial charge in [0.1, 0.15) is 5.75 Å². The maximum absolute atomic E-state index is 14.3. The molecule has 3 aromatic carbocycles. The summed E-state index contributed by atoms with van der Waals surface area (Å²) in [5, 5.41) is 10.2. The van der Waals surface area contributed by atoms with E-state index in [2.05, 4.69) is 35.7 Å². The number of aliphatic hydroxyl groups excluding tert-OH is 1. The highest BCUT2D eigenvalue weighted by Gasteiger charge is 2.30. The lowest BCUT2D eigenvalue weighted by atomic mass is 10.0. The lowest BCUT2D eigenvalue weighted by molar-refractivity contribution is -0.0177. The molecule has 0 unspecified atom stereocenters. The van der Waals surface area contributed by atoms with E-state index in [1.54, 1.807) is 42.2 Å². The van der Waals surface area contributed by atoms with Crippen LogP contribution in [0.4, 0.5) is 5.69 Å². The van der Waals surface area contributed by atoms with Crippen LogP contribution in [-0.4, -0.2) is 80.8 Å². The first-order valence-corrected chi connectivity index (χ1v) is 17.2. The van der Waals surface area contributed by atoms with Gasteiger partial charge in [-0.15, -0.1) is 0 Å². The van der Waals surface area contributed by atoms with Crippen molar-refractivity contribution >= 4 is 21.6 Å². The molecule has 0 saturated heterocycles. The lowest BCUT2D eigenvalue weighted by Gasteiger charge is -2.36. The first-order valence-electron chi connectivity index (χ1n) is 15.7. The van der Waals surface area contributed by atoms with Crippen LogP contribution >= 0.6 is 0 Å². The minimum Gasteiger partial charge on any atom is -0.490 e. The minimum atomic E-state index is -3.88. The molecule has 4 rings (SSSR count). The Morgan fingerprint density at radius 2 is 1.71 bits per heavy atom. The van der Waals surface area contributed by atoms with E-state index in [0.717, 1.165) is 25.8 Å². The molecule has 0 aromatic heterocycles. The number of nitrogens with zero attached hydrogens (tertiary/aromatic N) is 2. The number of nitrogens with one attached hydrogen (secondary N) is 1. The topological polar surface area (TPSA) is 108 Å². The minimum absolute atomic E-state index is 0.0628. The Morgan fingerprint density at radius 1 is 1.02 bits per heavy atom. The third kappa shape index (κ3) is 9.77. The molecule has 10 heteroatoms. The molecule has 9 nitrogen and oxygen atoms in total. The van der Waals surface area contributed by atoms with E-state index in [1.165, 1.54) is 23.8 Å². The van der Waals surface area contributed by atoms with Crippen molar-refractivity contribution in [1.82, 2.24) is 9.80 Å². The molecule has 244 valence electrons. The number of carbonyl (C=O) groups excluding carboxylic acids is 1. The Balaban J connectivity index is 1.64. The number of carbonyl (C=O) groups is 1. The number of hydrogen-bond acceptors (Lipinski definition) is 7. The molecule has 0 aliphatic carbocycles. The van der Waals surface area contributed by atoms with Crippen molar-refractivity contribution in [2.75, 3.05) is 38.1 Å². The summed E-state index contributed by atoms with van der Waals surface area (Å²) in [7, 11) is -1.81. The molecule has 0 saturated carbocycles. The van der Waals surface area contributed by atoms with E-state index in [9.17, 15) is 18.3 Å². The van der Waals surface area contributed by atoms with Gasteiger partial charge in [-0.05, 0) is 76.1 Å². The van der Waals surface area contributed by atoms with Crippen LogP contribution in [0.15, 0.2) is 83.8 Å². The van der Waals surface area contributed by atoms with Gasteiger partial charge in [-0.2, -0.15) is 0 Å². The molecule has 0 radical (unpaired) electrons. The van der Waals surface area contributed by atoms with Crippen LogP contribution in [0.3, 0.4) is 0 Å². The normalized spacial score (nSPS) is 21.0. The highest BCUT2D eigenvalue weighted by Crippen LogP contribution is 2.29. The quantitative estimate of drug-likeness (QED) is 0.323. The summed E-state index contributed by atoms with van der Waals surface area (Å²) >= 11 is 0. The summed E-state index contributed by atoms with van der Waals surface area (Å²) in [6, 6.07) is 22.6. The van der Waals surface area contributed by atoms with Crippen LogP contribution in [0.1, 0.15) is 56.0 Å². The third-order valence-corrected chi connectivity index (χ3v) is 9.54. The number of aliphatic hydroxyl groups is 1. The third-order valence-electron chi connectivity index (χ3n) is 8.14. The molecule has 45 heavy (non-hydrogen) atoms. The fourth-order valence-electron chi connectivity index (χ4n) is 5.53. The van der Waals surface area contributed by atoms with E-state index in [-0.39, 0.29) is 46.8 Å². The Bertz CT molecular complexity index is 1470. The van der Waals surface area contributed by atoms with Crippen molar-refractivity contribution in [3.8, 4) is 5.75 Å². The van der Waals surface area contributed by atoms with Gasteiger partial charge in [0.2, 0.25) is 0 Å². The van der Waals surface area contributed by atoms with Crippen LogP contribution in [-0.2, 0) is 21.3 Å². The van der Waals surface area contributed by atoms with Gasteiger partial charge in [-0.1, -0.05) is 55.5 Å². The summed E-state index contributed by atoms with van der Waals surface area (Å²) in [4.78, 5) is 18.3. The number of anilines is 1. The molecule has 0 fully saturated rings. The number of hydrogen-bond donors (Lipinski definition) is 2. The molecule has 1 aliphatic heterocycles. The molecular weight excluding hydrogens is 590 g/mol. The zero-order chi connectivity index (χ0) is 32.4. The molecule has 3 aromatic rings. The number of amides is 1. The standard InChI is InChI=1S/C35H47N3O6S/c1-26-22-38(27(2)25-39)35(40)32-21-30(36-45(41,42)31-16-9-6-10-17-31)18-19-33(32)44-28(3)13-11-12-20-43-34(26)24-37(4)23-29-14-7-5-8-15-29/h5-10,14-19,21,26-28,34,36,39H,11-13,20,22-25H2,1-4H3/t26-,27+,28+,34-/m0/s1. The average Bonchev–Trinajstić information content (AvgIpc) is 3.03. The second kappa shape index (κ2) is 16.2. The fraction of sp³-hybridized carbons (Fsp3) is 0.457. The van der Waals surface area contributed by atoms with Crippen molar-refractivity contribution in [3.05, 3.63) is 90.0 Å². The molecule has 1 aliphatic rings. The van der Waals surface area contributed by atoms with Crippen molar-refractivity contribution in [2.45, 2.75) is 69.7 Å². The van der Waals surface area contributed by atoms with Crippen LogP contribution in [0.5, 0.6) is 5.75 Å². The number of sulfonamides is 1. The summed E-state index contributed by atoms with van der Waals surface area (Å²) in [5.74, 6) is -0.0302.